The van der Waals surface area contributed by atoms with Crippen molar-refractivity contribution >= 4 is 33.6 Å². The van der Waals surface area contributed by atoms with E-state index in [0.717, 1.165) is 21.5 Å². The molecule has 0 aliphatic rings. The van der Waals surface area contributed by atoms with Crippen molar-refractivity contribution in [3.05, 3.63) is 64.6 Å². The third-order valence-corrected chi connectivity index (χ3v) is 3.19. The number of hydrogen-bond donors (Lipinski definition) is 1. The summed E-state index contributed by atoms with van der Waals surface area (Å²) in [5.74, 6) is 0.554. The topological polar surface area (TPSA) is 38.3 Å². The summed E-state index contributed by atoms with van der Waals surface area (Å²) in [5.41, 5.74) is 1.61. The minimum atomic E-state index is -0.182. The van der Waals surface area contributed by atoms with Crippen LogP contribution in [-0.4, -0.2) is 13.0 Å². The van der Waals surface area contributed by atoms with E-state index in [4.69, 9.17) is 4.74 Å². The average Bonchev–Trinajstić information content (AvgIpc) is 2.48. The molecule has 0 saturated heterocycles. The summed E-state index contributed by atoms with van der Waals surface area (Å²) in [5, 5.41) is 2.79. The number of amides is 1. The van der Waals surface area contributed by atoms with Crippen LogP contribution >= 0.6 is 15.9 Å². The van der Waals surface area contributed by atoms with E-state index < -0.39 is 0 Å². The summed E-state index contributed by atoms with van der Waals surface area (Å²) >= 11 is 3.35. The number of carbonyl (C=O) groups excluding carboxylic acids is 1. The number of nitrogens with one attached hydrogen (secondary N) is 1. The quantitative estimate of drug-likeness (QED) is 0.856. The largest absolute Gasteiger partial charge is 0.496 e. The fourth-order valence-electron chi connectivity index (χ4n) is 1.69. The summed E-state index contributed by atoms with van der Waals surface area (Å²) in [4.78, 5) is 11.8. The predicted octanol–water partition coefficient (Wildman–Crippen LogP) is 4.11. The van der Waals surface area contributed by atoms with Crippen LogP contribution in [0.1, 0.15) is 5.56 Å². The van der Waals surface area contributed by atoms with Gasteiger partial charge in [0.1, 0.15) is 5.75 Å². The van der Waals surface area contributed by atoms with Crippen molar-refractivity contribution in [3.8, 4) is 5.75 Å². The first-order valence-corrected chi connectivity index (χ1v) is 6.86. The lowest BCUT2D eigenvalue weighted by molar-refractivity contribution is -0.111. The van der Waals surface area contributed by atoms with Gasteiger partial charge in [-0.2, -0.15) is 0 Å². The van der Waals surface area contributed by atoms with Gasteiger partial charge in [-0.3, -0.25) is 4.79 Å². The number of methoxy groups -OCH3 is 1. The molecule has 3 nitrogen and oxygen atoms in total. The van der Waals surface area contributed by atoms with Gasteiger partial charge >= 0.3 is 0 Å². The van der Waals surface area contributed by atoms with E-state index in [0.29, 0.717) is 0 Å². The SMILES string of the molecule is COc1ccccc1C=CC(=O)Nc1ccc(Br)cc1. The maximum Gasteiger partial charge on any atom is 0.248 e. The highest BCUT2D eigenvalue weighted by Crippen LogP contribution is 2.19. The number of benzene rings is 2. The Morgan fingerprint density at radius 3 is 2.55 bits per heavy atom. The summed E-state index contributed by atoms with van der Waals surface area (Å²) in [6, 6.07) is 14.9. The van der Waals surface area contributed by atoms with E-state index in [-0.39, 0.29) is 5.91 Å². The molecular formula is C16H14BrNO2. The Kier molecular flexibility index (Phi) is 4.96. The van der Waals surface area contributed by atoms with E-state index in [1.165, 1.54) is 6.08 Å². The number of carbonyl (C=O) groups is 1. The molecule has 0 aliphatic carbocycles. The zero-order valence-electron chi connectivity index (χ0n) is 11.0. The Balaban J connectivity index is 2.04. The second kappa shape index (κ2) is 6.91. The molecule has 2 rings (SSSR count). The first-order chi connectivity index (χ1) is 9.69. The van der Waals surface area contributed by atoms with Crippen LogP contribution in [-0.2, 0) is 4.79 Å². The molecule has 1 N–H and O–H groups in total. The standard InChI is InChI=1S/C16H14BrNO2/c1-20-15-5-3-2-4-12(15)6-11-16(19)18-14-9-7-13(17)8-10-14/h2-11H,1H3,(H,18,19). The number of ether oxygens (including phenoxy) is 1. The van der Waals surface area contributed by atoms with Crippen molar-refractivity contribution in [1.29, 1.82) is 0 Å². The molecule has 4 heteroatoms. The number of anilines is 1. The summed E-state index contributed by atoms with van der Waals surface area (Å²) in [6.45, 7) is 0. The van der Waals surface area contributed by atoms with Gasteiger partial charge in [-0.05, 0) is 36.4 Å². The molecule has 0 spiro atoms. The highest BCUT2D eigenvalue weighted by atomic mass is 79.9. The molecule has 0 aliphatic heterocycles. The van der Waals surface area contributed by atoms with E-state index in [2.05, 4.69) is 21.2 Å². The van der Waals surface area contributed by atoms with Crippen molar-refractivity contribution in [2.75, 3.05) is 12.4 Å². The average molecular weight is 332 g/mol. The van der Waals surface area contributed by atoms with Crippen molar-refractivity contribution in [2.45, 2.75) is 0 Å². The first-order valence-electron chi connectivity index (χ1n) is 6.06. The number of halogens is 1. The van der Waals surface area contributed by atoms with Gasteiger partial charge in [-0.25, -0.2) is 0 Å². The van der Waals surface area contributed by atoms with Gasteiger partial charge in [-0.15, -0.1) is 0 Å². The highest BCUT2D eigenvalue weighted by molar-refractivity contribution is 9.10. The van der Waals surface area contributed by atoms with Crippen LogP contribution in [0.3, 0.4) is 0 Å². The van der Waals surface area contributed by atoms with E-state index in [1.54, 1.807) is 13.2 Å². The molecule has 0 atom stereocenters. The molecule has 0 bridgehead atoms. The molecular weight excluding hydrogens is 318 g/mol. The second-order valence-electron chi connectivity index (χ2n) is 4.07. The van der Waals surface area contributed by atoms with Crippen molar-refractivity contribution in [2.24, 2.45) is 0 Å². The third-order valence-electron chi connectivity index (χ3n) is 2.66. The summed E-state index contributed by atoms with van der Waals surface area (Å²) in [6.07, 6.45) is 3.22. The Morgan fingerprint density at radius 1 is 1.15 bits per heavy atom. The normalized spacial score (nSPS) is 10.5. The summed E-state index contributed by atoms with van der Waals surface area (Å²) in [7, 11) is 1.61. The lowest BCUT2D eigenvalue weighted by Gasteiger charge is -2.04. The first kappa shape index (κ1) is 14.3. The highest BCUT2D eigenvalue weighted by Gasteiger charge is 2.00. The molecule has 0 radical (unpaired) electrons. The molecule has 2 aromatic carbocycles. The van der Waals surface area contributed by atoms with Gasteiger partial charge in [0.25, 0.3) is 0 Å². The van der Waals surface area contributed by atoms with Crippen LogP contribution in [0.15, 0.2) is 59.1 Å². The monoisotopic (exact) mass is 331 g/mol. The number of rotatable bonds is 4. The van der Waals surface area contributed by atoms with E-state index in [1.807, 2.05) is 48.5 Å². The fourth-order valence-corrected chi connectivity index (χ4v) is 1.95. The van der Waals surface area contributed by atoms with E-state index in [9.17, 15) is 4.79 Å². The van der Waals surface area contributed by atoms with Gasteiger partial charge in [0.05, 0.1) is 7.11 Å². The Hall–Kier alpha value is -2.07. The van der Waals surface area contributed by atoms with Crippen LogP contribution in [0.5, 0.6) is 5.75 Å². The second-order valence-corrected chi connectivity index (χ2v) is 4.99. The molecule has 2 aromatic rings. The third kappa shape index (κ3) is 3.96. The molecule has 0 heterocycles. The van der Waals surface area contributed by atoms with Crippen LogP contribution in [0.25, 0.3) is 6.08 Å². The molecule has 1 amide bonds. The molecule has 0 unspecified atom stereocenters. The predicted molar refractivity (Wildman–Crippen MR) is 84.8 cm³/mol. The number of para-hydroxylation sites is 1. The smallest absolute Gasteiger partial charge is 0.248 e. The van der Waals surface area contributed by atoms with E-state index >= 15 is 0 Å². The van der Waals surface area contributed by atoms with Crippen molar-refractivity contribution < 1.29 is 9.53 Å². The molecule has 102 valence electrons. The zero-order valence-corrected chi connectivity index (χ0v) is 12.6. The Morgan fingerprint density at radius 2 is 1.85 bits per heavy atom. The van der Waals surface area contributed by atoms with Gasteiger partial charge in [-0.1, -0.05) is 34.1 Å². The minimum absolute atomic E-state index is 0.182. The number of hydrogen-bond acceptors (Lipinski definition) is 2. The molecule has 0 saturated carbocycles. The van der Waals surface area contributed by atoms with Crippen molar-refractivity contribution in [3.63, 3.8) is 0 Å². The van der Waals surface area contributed by atoms with Gasteiger partial charge in [0, 0.05) is 21.8 Å². The molecule has 0 fully saturated rings. The fraction of sp³-hybridized carbons (Fsp3) is 0.0625. The van der Waals surface area contributed by atoms with Crippen LogP contribution in [0.4, 0.5) is 5.69 Å². The van der Waals surface area contributed by atoms with Crippen LogP contribution in [0.2, 0.25) is 0 Å². The maximum atomic E-state index is 11.8. The summed E-state index contributed by atoms with van der Waals surface area (Å²) < 4.78 is 6.19. The molecule has 20 heavy (non-hydrogen) atoms. The lowest BCUT2D eigenvalue weighted by Crippen LogP contribution is -2.07. The van der Waals surface area contributed by atoms with Gasteiger partial charge in [0.15, 0.2) is 0 Å². The zero-order chi connectivity index (χ0) is 14.4. The van der Waals surface area contributed by atoms with Gasteiger partial charge in [0.2, 0.25) is 5.91 Å². The molecule has 0 aromatic heterocycles. The minimum Gasteiger partial charge on any atom is -0.496 e. The maximum absolute atomic E-state index is 11.8. The van der Waals surface area contributed by atoms with Crippen LogP contribution < -0.4 is 10.1 Å². The Bertz CT molecular complexity index is 621. The van der Waals surface area contributed by atoms with Crippen LogP contribution in [0, 0.1) is 0 Å². The van der Waals surface area contributed by atoms with Crippen molar-refractivity contribution in [1.82, 2.24) is 0 Å². The van der Waals surface area contributed by atoms with Gasteiger partial charge < -0.3 is 10.1 Å². The Labute approximate surface area is 126 Å². The lowest BCUT2D eigenvalue weighted by atomic mass is 10.2.